The Morgan fingerprint density at radius 2 is 2.11 bits per heavy atom. The zero-order valence-electron chi connectivity index (χ0n) is 10.8. The van der Waals surface area contributed by atoms with E-state index in [-0.39, 0.29) is 12.4 Å². The first kappa shape index (κ1) is 13.3. The van der Waals surface area contributed by atoms with Gasteiger partial charge in [0, 0.05) is 12.0 Å². The summed E-state index contributed by atoms with van der Waals surface area (Å²) < 4.78 is 29.6. The van der Waals surface area contributed by atoms with E-state index < -0.39 is 6.17 Å². The molecule has 0 spiro atoms. The largest absolute Gasteiger partial charge is 0.497 e. The summed E-state index contributed by atoms with van der Waals surface area (Å²) >= 11 is 0. The molecule has 2 unspecified atom stereocenters. The molecule has 0 bridgehead atoms. The molecule has 0 N–H and O–H groups in total. The smallest absolute Gasteiger partial charge is 0.184 e. The molecule has 1 heterocycles. The van der Waals surface area contributed by atoms with Crippen molar-refractivity contribution < 1.29 is 18.6 Å². The van der Waals surface area contributed by atoms with Gasteiger partial charge in [-0.1, -0.05) is 19.1 Å². The lowest BCUT2D eigenvalue weighted by Crippen LogP contribution is -2.16. The minimum atomic E-state index is -0.812. The van der Waals surface area contributed by atoms with Crippen LogP contribution in [0.4, 0.5) is 4.39 Å². The maximum Gasteiger partial charge on any atom is 0.184 e. The van der Waals surface area contributed by atoms with Gasteiger partial charge in [0.25, 0.3) is 0 Å². The van der Waals surface area contributed by atoms with E-state index in [1.54, 1.807) is 7.11 Å². The van der Waals surface area contributed by atoms with Gasteiger partial charge >= 0.3 is 0 Å². The van der Waals surface area contributed by atoms with Crippen LogP contribution < -0.4 is 4.74 Å². The van der Waals surface area contributed by atoms with Crippen LogP contribution in [-0.2, 0) is 9.47 Å². The molecule has 0 amide bonds. The Morgan fingerprint density at radius 3 is 2.72 bits per heavy atom. The molecule has 1 aromatic carbocycles. The van der Waals surface area contributed by atoms with E-state index in [9.17, 15) is 4.39 Å². The van der Waals surface area contributed by atoms with Crippen molar-refractivity contribution >= 4 is 0 Å². The van der Waals surface area contributed by atoms with Crippen molar-refractivity contribution in [2.45, 2.75) is 38.3 Å². The van der Waals surface area contributed by atoms with Crippen molar-refractivity contribution in [2.75, 3.05) is 13.7 Å². The van der Waals surface area contributed by atoms with Gasteiger partial charge < -0.3 is 14.2 Å². The number of rotatable bonds is 5. The third-order valence-corrected chi connectivity index (χ3v) is 3.10. The first-order chi connectivity index (χ1) is 8.72. The molecule has 4 heteroatoms. The minimum absolute atomic E-state index is 0.146. The van der Waals surface area contributed by atoms with E-state index >= 15 is 0 Å². The Hall–Kier alpha value is -1.13. The molecule has 1 aliphatic heterocycles. The fraction of sp³-hybridized carbons (Fsp3) is 0.571. The summed E-state index contributed by atoms with van der Waals surface area (Å²) in [6.45, 7) is 2.29. The molecule has 0 aromatic heterocycles. The van der Waals surface area contributed by atoms with Gasteiger partial charge in [-0.25, -0.2) is 4.39 Å². The van der Waals surface area contributed by atoms with Crippen molar-refractivity contribution in [2.24, 2.45) is 0 Å². The fourth-order valence-corrected chi connectivity index (χ4v) is 1.96. The average Bonchev–Trinajstić information content (AvgIpc) is 2.87. The van der Waals surface area contributed by atoms with Gasteiger partial charge in [0.05, 0.1) is 19.8 Å². The summed E-state index contributed by atoms with van der Waals surface area (Å²) in [6, 6.07) is 7.52. The van der Waals surface area contributed by atoms with E-state index in [0.717, 1.165) is 11.3 Å². The minimum Gasteiger partial charge on any atom is -0.497 e. The molecule has 3 atom stereocenters. The van der Waals surface area contributed by atoms with Crippen molar-refractivity contribution in [3.8, 4) is 5.75 Å². The molecular formula is C14H19FO3. The lowest BCUT2D eigenvalue weighted by molar-refractivity contribution is -0.0639. The van der Waals surface area contributed by atoms with Crippen molar-refractivity contribution in [3.63, 3.8) is 0 Å². The van der Waals surface area contributed by atoms with Crippen molar-refractivity contribution in [1.82, 2.24) is 0 Å². The molecule has 0 aliphatic carbocycles. The Bertz CT molecular complexity index is 366. The topological polar surface area (TPSA) is 27.7 Å². The quantitative estimate of drug-likeness (QED) is 0.807. The van der Waals surface area contributed by atoms with Gasteiger partial charge in [-0.2, -0.15) is 0 Å². The summed E-state index contributed by atoms with van der Waals surface area (Å²) in [7, 11) is 1.62. The Labute approximate surface area is 107 Å². The maximum atomic E-state index is 13.3. The Kier molecular flexibility index (Phi) is 4.55. The number of alkyl halides is 1. The van der Waals surface area contributed by atoms with Crippen LogP contribution in [0.15, 0.2) is 24.3 Å². The summed E-state index contributed by atoms with van der Waals surface area (Å²) in [5, 5.41) is 0. The monoisotopic (exact) mass is 254 g/mol. The molecule has 1 saturated heterocycles. The van der Waals surface area contributed by atoms with Crippen LogP contribution in [0, 0.1) is 0 Å². The molecule has 2 rings (SSSR count). The lowest BCUT2D eigenvalue weighted by atomic mass is 10.1. The van der Waals surface area contributed by atoms with Gasteiger partial charge in [-0.3, -0.25) is 0 Å². The van der Waals surface area contributed by atoms with Gasteiger partial charge in [0.15, 0.2) is 6.29 Å². The predicted octanol–water partition coefficient (Wildman–Crippen LogP) is 3.25. The molecule has 3 nitrogen and oxygen atoms in total. The Morgan fingerprint density at radius 1 is 1.39 bits per heavy atom. The van der Waals surface area contributed by atoms with Crippen LogP contribution in [0.25, 0.3) is 0 Å². The zero-order valence-corrected chi connectivity index (χ0v) is 10.8. The van der Waals surface area contributed by atoms with Gasteiger partial charge in [0.2, 0.25) is 0 Å². The molecule has 18 heavy (non-hydrogen) atoms. The van der Waals surface area contributed by atoms with Crippen molar-refractivity contribution in [1.29, 1.82) is 0 Å². The fourth-order valence-electron chi connectivity index (χ4n) is 1.96. The molecule has 1 aliphatic rings. The Balaban J connectivity index is 1.91. The number of ether oxygens (including phenoxy) is 3. The average molecular weight is 254 g/mol. The number of hydrogen-bond donors (Lipinski definition) is 0. The molecule has 100 valence electrons. The first-order valence-electron chi connectivity index (χ1n) is 6.28. The standard InChI is InChI=1S/C14H19FO3/c1-3-11(15)8-13-9-17-14(18-13)10-4-6-12(16-2)7-5-10/h4-7,11,13-14H,3,8-9H2,1-2H3/t11?,13-,14?/m1/s1. The van der Waals surface area contributed by atoms with E-state index in [2.05, 4.69) is 0 Å². The highest BCUT2D eigenvalue weighted by Crippen LogP contribution is 2.30. The highest BCUT2D eigenvalue weighted by molar-refractivity contribution is 5.28. The van der Waals surface area contributed by atoms with Crippen LogP contribution in [0.5, 0.6) is 5.75 Å². The number of methoxy groups -OCH3 is 1. The normalized spacial score (nSPS) is 25.1. The van der Waals surface area contributed by atoms with E-state index in [1.807, 2.05) is 31.2 Å². The highest BCUT2D eigenvalue weighted by Gasteiger charge is 2.28. The SMILES string of the molecule is CCC(F)C[C@@H]1COC(c2ccc(OC)cc2)O1. The van der Waals surface area contributed by atoms with Crippen LogP contribution in [0.1, 0.15) is 31.6 Å². The molecule has 0 radical (unpaired) electrons. The second-order valence-electron chi connectivity index (χ2n) is 4.44. The summed E-state index contributed by atoms with van der Waals surface area (Å²) in [5.74, 6) is 0.795. The molecule has 1 aromatic rings. The van der Waals surface area contributed by atoms with E-state index in [1.165, 1.54) is 0 Å². The molecule has 1 fully saturated rings. The van der Waals surface area contributed by atoms with Gasteiger partial charge in [-0.15, -0.1) is 0 Å². The second-order valence-corrected chi connectivity index (χ2v) is 4.44. The van der Waals surface area contributed by atoms with Crippen LogP contribution in [-0.4, -0.2) is 26.0 Å². The number of benzene rings is 1. The second kappa shape index (κ2) is 6.16. The highest BCUT2D eigenvalue weighted by atomic mass is 19.1. The summed E-state index contributed by atoms with van der Waals surface area (Å²) in [4.78, 5) is 0. The first-order valence-corrected chi connectivity index (χ1v) is 6.28. The van der Waals surface area contributed by atoms with Crippen LogP contribution in [0.3, 0.4) is 0 Å². The van der Waals surface area contributed by atoms with E-state index in [4.69, 9.17) is 14.2 Å². The summed E-state index contributed by atoms with van der Waals surface area (Å²) in [5.41, 5.74) is 0.935. The van der Waals surface area contributed by atoms with Crippen molar-refractivity contribution in [3.05, 3.63) is 29.8 Å². The maximum absolute atomic E-state index is 13.3. The lowest BCUT2D eigenvalue weighted by Gasteiger charge is -2.13. The van der Waals surface area contributed by atoms with E-state index in [0.29, 0.717) is 19.4 Å². The van der Waals surface area contributed by atoms with Gasteiger partial charge in [0.1, 0.15) is 11.9 Å². The molecule has 0 saturated carbocycles. The number of halogens is 1. The zero-order chi connectivity index (χ0) is 13.0. The number of hydrogen-bond acceptors (Lipinski definition) is 3. The van der Waals surface area contributed by atoms with Gasteiger partial charge in [-0.05, 0) is 18.6 Å². The third kappa shape index (κ3) is 3.21. The third-order valence-electron chi connectivity index (χ3n) is 3.10. The molecular weight excluding hydrogens is 235 g/mol. The predicted molar refractivity (Wildman–Crippen MR) is 66.4 cm³/mol. The summed E-state index contributed by atoms with van der Waals surface area (Å²) in [6.07, 6.45) is -0.416. The van der Waals surface area contributed by atoms with Crippen LogP contribution >= 0.6 is 0 Å². The van der Waals surface area contributed by atoms with Crippen LogP contribution in [0.2, 0.25) is 0 Å².